The lowest BCUT2D eigenvalue weighted by atomic mass is 9.92. The van der Waals surface area contributed by atoms with Crippen molar-refractivity contribution < 1.29 is 19.1 Å². The molecule has 0 bridgehead atoms. The van der Waals surface area contributed by atoms with E-state index in [2.05, 4.69) is 18.8 Å². The Labute approximate surface area is 191 Å². The van der Waals surface area contributed by atoms with Crippen LogP contribution in [0.3, 0.4) is 0 Å². The van der Waals surface area contributed by atoms with Crippen LogP contribution in [0.1, 0.15) is 36.3 Å². The van der Waals surface area contributed by atoms with Gasteiger partial charge in [-0.15, -0.1) is 0 Å². The van der Waals surface area contributed by atoms with Gasteiger partial charge in [0.2, 0.25) is 17.4 Å². The smallest absolute Gasteiger partial charge is 0.360 e. The van der Waals surface area contributed by atoms with Crippen LogP contribution in [0.15, 0.2) is 47.5 Å². The molecule has 1 aromatic carbocycles. The molecule has 1 amide bonds. The van der Waals surface area contributed by atoms with Crippen LogP contribution < -0.4 is 10.3 Å². The summed E-state index contributed by atoms with van der Waals surface area (Å²) in [6, 6.07) is 9.29. The zero-order chi connectivity index (χ0) is 23.5. The average molecular weight is 453 g/mol. The number of amides is 1. The van der Waals surface area contributed by atoms with Gasteiger partial charge in [0.1, 0.15) is 13.2 Å². The molecule has 4 rings (SSSR count). The van der Waals surface area contributed by atoms with Crippen LogP contribution in [0.25, 0.3) is 5.78 Å². The molecule has 1 aliphatic heterocycles. The number of carbonyl (C=O) groups excluding carboxylic acids is 2. The lowest BCUT2D eigenvalue weighted by Crippen LogP contribution is -2.44. The summed E-state index contributed by atoms with van der Waals surface area (Å²) in [5, 5.41) is 0. The predicted molar refractivity (Wildman–Crippen MR) is 121 cm³/mol. The Morgan fingerprint density at radius 1 is 1.09 bits per heavy atom. The number of hydrogen-bond acceptors (Lipinski definition) is 6. The Morgan fingerprint density at radius 3 is 2.45 bits per heavy atom. The van der Waals surface area contributed by atoms with Gasteiger partial charge in [-0.3, -0.25) is 9.59 Å². The summed E-state index contributed by atoms with van der Waals surface area (Å²) >= 11 is 0. The molecule has 9 nitrogen and oxygen atoms in total. The van der Waals surface area contributed by atoms with Crippen molar-refractivity contribution in [3.05, 3.63) is 64.3 Å². The van der Waals surface area contributed by atoms with Gasteiger partial charge in [0.15, 0.2) is 5.69 Å². The van der Waals surface area contributed by atoms with Crippen LogP contribution in [0.2, 0.25) is 0 Å². The highest BCUT2D eigenvalue weighted by Gasteiger charge is 2.27. The van der Waals surface area contributed by atoms with Crippen molar-refractivity contribution in [1.82, 2.24) is 18.9 Å². The Hall–Kier alpha value is -3.62. The van der Waals surface area contributed by atoms with Gasteiger partial charge >= 0.3 is 11.5 Å². The van der Waals surface area contributed by atoms with E-state index in [4.69, 9.17) is 9.47 Å². The van der Waals surface area contributed by atoms with Crippen LogP contribution in [0, 0.1) is 11.8 Å². The molecule has 33 heavy (non-hydrogen) atoms. The maximum Gasteiger partial charge on any atom is 0.360 e. The molecule has 2 atom stereocenters. The van der Waals surface area contributed by atoms with E-state index < -0.39 is 11.5 Å². The molecule has 3 aromatic rings. The second-order valence-corrected chi connectivity index (χ2v) is 8.70. The number of aromatic nitrogens is 3. The number of fused-ring (bicyclic) bond motifs is 1. The third-order valence-electron chi connectivity index (χ3n) is 5.84. The molecule has 174 valence electrons. The largest absolute Gasteiger partial charge is 0.481 e. The summed E-state index contributed by atoms with van der Waals surface area (Å²) in [7, 11) is 1.22. The Bertz CT molecular complexity index is 1210. The standard InChI is InChI=1S/C24H28N4O5/c1-16-11-17(2)13-27(12-16)19(29)14-26-9-10-28-22(30)21(20(23(31)32-3)25-24(26)28)33-15-18-7-5-4-6-8-18/h4-10,16-17H,11-15H2,1-3H3. The first-order valence-corrected chi connectivity index (χ1v) is 11.0. The Morgan fingerprint density at radius 2 is 1.79 bits per heavy atom. The number of likely N-dealkylation sites (tertiary alicyclic amines) is 1. The Balaban J connectivity index is 1.65. The fourth-order valence-electron chi connectivity index (χ4n) is 4.39. The third kappa shape index (κ3) is 4.76. The van der Waals surface area contributed by atoms with Crippen LogP contribution in [-0.2, 0) is 22.7 Å². The maximum absolute atomic E-state index is 13.2. The summed E-state index contributed by atoms with van der Waals surface area (Å²) in [6.45, 7) is 5.82. The van der Waals surface area contributed by atoms with Gasteiger partial charge in [0.05, 0.1) is 7.11 Å². The van der Waals surface area contributed by atoms with Crippen LogP contribution in [0.5, 0.6) is 5.75 Å². The molecule has 0 spiro atoms. The van der Waals surface area contributed by atoms with Gasteiger partial charge in [0, 0.05) is 25.5 Å². The highest BCUT2D eigenvalue weighted by Crippen LogP contribution is 2.22. The maximum atomic E-state index is 13.2. The molecule has 1 aliphatic rings. The molecule has 1 fully saturated rings. The molecule has 0 saturated carbocycles. The minimum Gasteiger partial charge on any atom is -0.481 e. The molecule has 3 heterocycles. The first-order chi connectivity index (χ1) is 15.9. The normalized spacial score (nSPS) is 18.3. The van der Waals surface area contributed by atoms with Gasteiger partial charge in [-0.25, -0.2) is 14.2 Å². The van der Waals surface area contributed by atoms with Crippen LogP contribution in [-0.4, -0.2) is 50.9 Å². The van der Waals surface area contributed by atoms with E-state index in [1.54, 1.807) is 10.8 Å². The van der Waals surface area contributed by atoms with Crippen molar-refractivity contribution in [3.8, 4) is 5.75 Å². The summed E-state index contributed by atoms with van der Waals surface area (Å²) in [5.74, 6) is 0.0373. The number of hydrogen-bond donors (Lipinski definition) is 0. The van der Waals surface area contributed by atoms with E-state index in [1.807, 2.05) is 35.2 Å². The van der Waals surface area contributed by atoms with E-state index in [1.165, 1.54) is 17.7 Å². The molecule has 2 aromatic heterocycles. The second-order valence-electron chi connectivity index (χ2n) is 8.70. The minimum absolute atomic E-state index is 0.0210. The van der Waals surface area contributed by atoms with Gasteiger partial charge < -0.3 is 18.9 Å². The topological polar surface area (TPSA) is 95.1 Å². The second kappa shape index (κ2) is 9.48. The van der Waals surface area contributed by atoms with E-state index in [0.717, 1.165) is 12.0 Å². The monoisotopic (exact) mass is 452 g/mol. The summed E-state index contributed by atoms with van der Waals surface area (Å²) in [6.07, 6.45) is 4.23. The van der Waals surface area contributed by atoms with Gasteiger partial charge in [-0.05, 0) is 23.8 Å². The van der Waals surface area contributed by atoms with Crippen molar-refractivity contribution in [2.75, 3.05) is 20.2 Å². The van der Waals surface area contributed by atoms with Crippen LogP contribution >= 0.6 is 0 Å². The Kier molecular flexibility index (Phi) is 6.48. The molecular weight excluding hydrogens is 424 g/mol. The molecule has 0 radical (unpaired) electrons. The molecule has 2 unspecified atom stereocenters. The van der Waals surface area contributed by atoms with Crippen molar-refractivity contribution in [2.45, 2.75) is 33.4 Å². The molecular formula is C24H28N4O5. The number of rotatable bonds is 6. The number of imidazole rings is 1. The third-order valence-corrected chi connectivity index (χ3v) is 5.84. The lowest BCUT2D eigenvalue weighted by molar-refractivity contribution is -0.134. The first kappa shape index (κ1) is 22.6. The number of methoxy groups -OCH3 is 1. The van der Waals surface area contributed by atoms with Crippen molar-refractivity contribution in [2.24, 2.45) is 11.8 Å². The summed E-state index contributed by atoms with van der Waals surface area (Å²) < 4.78 is 13.4. The minimum atomic E-state index is -0.782. The highest BCUT2D eigenvalue weighted by atomic mass is 16.5. The van der Waals surface area contributed by atoms with E-state index in [9.17, 15) is 14.4 Å². The van der Waals surface area contributed by atoms with Gasteiger partial charge in [0.25, 0.3) is 0 Å². The number of carbonyl (C=O) groups is 2. The van der Waals surface area contributed by atoms with Crippen molar-refractivity contribution in [3.63, 3.8) is 0 Å². The zero-order valence-electron chi connectivity index (χ0n) is 19.1. The summed E-state index contributed by atoms with van der Waals surface area (Å²) in [5.41, 5.74) is 0.0831. The van der Waals surface area contributed by atoms with Gasteiger partial charge in [-0.2, -0.15) is 0 Å². The van der Waals surface area contributed by atoms with Crippen molar-refractivity contribution in [1.29, 1.82) is 0 Å². The quantitative estimate of drug-likeness (QED) is 0.533. The number of nitrogens with zero attached hydrogens (tertiary/aromatic N) is 4. The fourth-order valence-corrected chi connectivity index (χ4v) is 4.39. The van der Waals surface area contributed by atoms with E-state index >= 15 is 0 Å². The fraction of sp³-hybridized carbons (Fsp3) is 0.417. The summed E-state index contributed by atoms with van der Waals surface area (Å²) in [4.78, 5) is 44.8. The average Bonchev–Trinajstić information content (AvgIpc) is 3.20. The molecule has 0 aliphatic carbocycles. The van der Waals surface area contributed by atoms with E-state index in [0.29, 0.717) is 24.9 Å². The molecule has 9 heteroatoms. The highest BCUT2D eigenvalue weighted by molar-refractivity contribution is 5.90. The van der Waals surface area contributed by atoms with Crippen LogP contribution in [0.4, 0.5) is 0 Å². The SMILES string of the molecule is COC(=O)c1nc2n(CC(=O)N3CC(C)CC(C)C3)ccn2c(=O)c1OCc1ccccc1. The zero-order valence-corrected chi connectivity index (χ0v) is 19.1. The first-order valence-electron chi connectivity index (χ1n) is 11.0. The molecule has 1 saturated heterocycles. The number of piperidine rings is 1. The predicted octanol–water partition coefficient (Wildman–Crippen LogP) is 2.37. The number of ether oxygens (including phenoxy) is 2. The lowest BCUT2D eigenvalue weighted by Gasteiger charge is -2.35. The van der Waals surface area contributed by atoms with E-state index in [-0.39, 0.29) is 36.3 Å². The number of esters is 1. The van der Waals surface area contributed by atoms with Gasteiger partial charge in [-0.1, -0.05) is 44.2 Å². The molecule has 0 N–H and O–H groups in total. The van der Waals surface area contributed by atoms with Crippen molar-refractivity contribution >= 4 is 17.7 Å². The number of benzene rings is 1.